The average Bonchev–Trinajstić information content (AvgIpc) is 2.50. The van der Waals surface area contributed by atoms with Crippen LogP contribution in [0.3, 0.4) is 0 Å². The van der Waals surface area contributed by atoms with E-state index >= 15 is 0 Å². The van der Waals surface area contributed by atoms with Crippen LogP contribution in [0, 0.1) is 6.58 Å². The molecule has 0 atom stereocenters. The molecule has 0 aliphatic carbocycles. The standard InChI is InChI=1S/C8H6N3/c1-2-6-3-7-8(9-4-6)11-5-10-7/h1-5H,(H,9,10,11). The molecule has 0 aliphatic rings. The quantitative estimate of drug-likeness (QED) is 0.657. The van der Waals surface area contributed by atoms with E-state index in [1.54, 1.807) is 12.5 Å². The lowest BCUT2D eigenvalue weighted by Crippen LogP contribution is -1.78. The van der Waals surface area contributed by atoms with Crippen LogP contribution in [0.2, 0.25) is 0 Å². The Morgan fingerprint density at radius 2 is 2.36 bits per heavy atom. The number of hydrogen-bond acceptors (Lipinski definition) is 2. The van der Waals surface area contributed by atoms with Crippen molar-refractivity contribution in [2.24, 2.45) is 0 Å². The first kappa shape index (κ1) is 6.09. The molecule has 0 saturated heterocycles. The molecule has 2 heterocycles. The van der Waals surface area contributed by atoms with E-state index in [1.165, 1.54) is 6.08 Å². The molecule has 0 fully saturated rings. The van der Waals surface area contributed by atoms with Gasteiger partial charge in [0.25, 0.3) is 0 Å². The summed E-state index contributed by atoms with van der Waals surface area (Å²) in [6, 6.07) is 1.90. The van der Waals surface area contributed by atoms with Crippen molar-refractivity contribution >= 4 is 17.2 Å². The first-order chi connectivity index (χ1) is 5.40. The molecule has 3 nitrogen and oxygen atoms in total. The number of rotatable bonds is 1. The third-order valence-corrected chi connectivity index (χ3v) is 1.49. The van der Waals surface area contributed by atoms with Crippen LogP contribution in [-0.4, -0.2) is 15.0 Å². The van der Waals surface area contributed by atoms with E-state index in [-0.39, 0.29) is 0 Å². The van der Waals surface area contributed by atoms with Gasteiger partial charge in [-0.1, -0.05) is 12.7 Å². The number of H-pyrrole nitrogens is 1. The molecule has 0 bridgehead atoms. The smallest absolute Gasteiger partial charge is 0.177 e. The Labute approximate surface area is 63.8 Å². The van der Waals surface area contributed by atoms with Gasteiger partial charge in [0.1, 0.15) is 0 Å². The Bertz CT molecular complexity index is 389. The molecule has 2 rings (SSSR count). The summed E-state index contributed by atoms with van der Waals surface area (Å²) in [7, 11) is 0. The van der Waals surface area contributed by atoms with Gasteiger partial charge in [-0.25, -0.2) is 9.97 Å². The fraction of sp³-hybridized carbons (Fsp3) is 0. The molecule has 0 unspecified atom stereocenters. The van der Waals surface area contributed by atoms with Crippen LogP contribution in [0.25, 0.3) is 17.2 Å². The number of aromatic amines is 1. The lowest BCUT2D eigenvalue weighted by molar-refractivity contribution is 1.30. The van der Waals surface area contributed by atoms with Crippen LogP contribution in [0.1, 0.15) is 5.56 Å². The van der Waals surface area contributed by atoms with Crippen molar-refractivity contribution in [1.82, 2.24) is 15.0 Å². The zero-order valence-corrected chi connectivity index (χ0v) is 5.78. The van der Waals surface area contributed by atoms with Gasteiger partial charge >= 0.3 is 0 Å². The lowest BCUT2D eigenvalue weighted by atomic mass is 10.3. The summed E-state index contributed by atoms with van der Waals surface area (Å²) in [5.41, 5.74) is 2.52. The van der Waals surface area contributed by atoms with Crippen LogP contribution >= 0.6 is 0 Å². The minimum absolute atomic E-state index is 0.718. The normalized spacial score (nSPS) is 10.2. The van der Waals surface area contributed by atoms with Gasteiger partial charge in [-0.15, -0.1) is 0 Å². The summed E-state index contributed by atoms with van der Waals surface area (Å²) in [6.07, 6.45) is 4.80. The zero-order chi connectivity index (χ0) is 7.68. The van der Waals surface area contributed by atoms with Gasteiger partial charge in [0.05, 0.1) is 11.8 Å². The van der Waals surface area contributed by atoms with Crippen molar-refractivity contribution in [3.63, 3.8) is 0 Å². The number of nitrogens with zero attached hydrogens (tertiary/aromatic N) is 2. The van der Waals surface area contributed by atoms with E-state index in [0.717, 1.165) is 16.7 Å². The van der Waals surface area contributed by atoms with Crippen LogP contribution in [-0.2, 0) is 0 Å². The van der Waals surface area contributed by atoms with Gasteiger partial charge in [0.2, 0.25) is 0 Å². The highest BCUT2D eigenvalue weighted by Gasteiger charge is 1.95. The van der Waals surface area contributed by atoms with Gasteiger partial charge in [0.15, 0.2) is 5.65 Å². The molecule has 2 aromatic rings. The molecule has 0 aliphatic heterocycles. The Morgan fingerprint density at radius 1 is 1.45 bits per heavy atom. The lowest BCUT2D eigenvalue weighted by Gasteiger charge is -1.89. The van der Waals surface area contributed by atoms with Crippen LogP contribution in [0.15, 0.2) is 18.6 Å². The second kappa shape index (κ2) is 2.20. The van der Waals surface area contributed by atoms with Crippen molar-refractivity contribution in [3.05, 3.63) is 30.7 Å². The predicted molar refractivity (Wildman–Crippen MR) is 42.7 cm³/mol. The summed E-state index contributed by atoms with van der Waals surface area (Å²) in [6.45, 7) is 5.31. The highest BCUT2D eigenvalue weighted by Crippen LogP contribution is 2.08. The molecule has 0 amide bonds. The maximum atomic E-state index is 5.31. The Hall–Kier alpha value is -1.64. The third-order valence-electron chi connectivity index (χ3n) is 1.49. The van der Waals surface area contributed by atoms with Crippen molar-refractivity contribution in [1.29, 1.82) is 0 Å². The molecule has 1 N–H and O–H groups in total. The Kier molecular flexibility index (Phi) is 1.22. The highest BCUT2D eigenvalue weighted by atomic mass is 14.9. The Balaban J connectivity index is 2.76. The molecular weight excluding hydrogens is 138 g/mol. The molecule has 2 aromatic heterocycles. The minimum atomic E-state index is 0.718. The van der Waals surface area contributed by atoms with E-state index in [2.05, 4.69) is 15.0 Å². The number of aromatic nitrogens is 3. The van der Waals surface area contributed by atoms with E-state index in [9.17, 15) is 0 Å². The number of nitrogens with one attached hydrogen (secondary N) is 1. The zero-order valence-electron chi connectivity index (χ0n) is 5.78. The van der Waals surface area contributed by atoms with Gasteiger partial charge in [0, 0.05) is 6.20 Å². The molecule has 0 spiro atoms. The first-order valence-electron chi connectivity index (χ1n) is 3.24. The largest absolute Gasteiger partial charge is 0.343 e. The summed E-state index contributed by atoms with van der Waals surface area (Å²) in [5.74, 6) is 0. The number of fused-ring (bicyclic) bond motifs is 1. The van der Waals surface area contributed by atoms with Crippen LogP contribution in [0.4, 0.5) is 0 Å². The fourth-order valence-corrected chi connectivity index (χ4v) is 0.937. The number of hydrogen-bond donors (Lipinski definition) is 1. The van der Waals surface area contributed by atoms with E-state index in [1.807, 2.05) is 6.07 Å². The average molecular weight is 144 g/mol. The fourth-order valence-electron chi connectivity index (χ4n) is 0.937. The Morgan fingerprint density at radius 3 is 3.18 bits per heavy atom. The predicted octanol–water partition coefficient (Wildman–Crippen LogP) is 1.40. The maximum Gasteiger partial charge on any atom is 0.177 e. The van der Waals surface area contributed by atoms with E-state index in [0.29, 0.717) is 0 Å². The molecule has 1 radical (unpaired) electrons. The number of imidazole rings is 1. The molecular formula is C8H6N3. The molecule has 3 heteroatoms. The first-order valence-corrected chi connectivity index (χ1v) is 3.24. The van der Waals surface area contributed by atoms with Crippen LogP contribution < -0.4 is 0 Å². The molecule has 0 saturated carbocycles. The second-order valence-electron chi connectivity index (χ2n) is 2.21. The van der Waals surface area contributed by atoms with Crippen molar-refractivity contribution in [2.75, 3.05) is 0 Å². The summed E-state index contributed by atoms with van der Waals surface area (Å²) >= 11 is 0. The minimum Gasteiger partial charge on any atom is -0.343 e. The summed E-state index contributed by atoms with van der Waals surface area (Å²) < 4.78 is 0. The van der Waals surface area contributed by atoms with Gasteiger partial charge in [-0.05, 0) is 11.6 Å². The monoisotopic (exact) mass is 144 g/mol. The molecule has 11 heavy (non-hydrogen) atoms. The van der Waals surface area contributed by atoms with E-state index in [4.69, 9.17) is 6.58 Å². The van der Waals surface area contributed by atoms with Gasteiger partial charge in [-0.2, -0.15) is 0 Å². The van der Waals surface area contributed by atoms with Crippen molar-refractivity contribution in [3.8, 4) is 0 Å². The van der Waals surface area contributed by atoms with Crippen molar-refractivity contribution in [2.45, 2.75) is 0 Å². The third kappa shape index (κ3) is 0.902. The van der Waals surface area contributed by atoms with Crippen molar-refractivity contribution < 1.29 is 0 Å². The van der Waals surface area contributed by atoms with Gasteiger partial charge in [-0.3, -0.25) is 0 Å². The van der Waals surface area contributed by atoms with E-state index < -0.39 is 0 Å². The topological polar surface area (TPSA) is 41.6 Å². The number of pyridine rings is 1. The summed E-state index contributed by atoms with van der Waals surface area (Å²) in [4.78, 5) is 11.0. The molecule has 53 valence electrons. The summed E-state index contributed by atoms with van der Waals surface area (Å²) in [5, 5.41) is 0. The van der Waals surface area contributed by atoms with Crippen LogP contribution in [0.5, 0.6) is 0 Å². The highest BCUT2D eigenvalue weighted by molar-refractivity contribution is 5.72. The molecule has 0 aromatic carbocycles. The second-order valence-corrected chi connectivity index (χ2v) is 2.21. The van der Waals surface area contributed by atoms with Gasteiger partial charge < -0.3 is 4.98 Å². The SMILES string of the molecule is [CH]=Cc1cnc2nc[nH]c2c1. The maximum absolute atomic E-state index is 5.31.